The first-order chi connectivity index (χ1) is 19.3. The van der Waals surface area contributed by atoms with Gasteiger partial charge >= 0.3 is 0 Å². The van der Waals surface area contributed by atoms with Gasteiger partial charge in [-0.25, -0.2) is 24.3 Å². The summed E-state index contributed by atoms with van der Waals surface area (Å²) in [7, 11) is 0. The number of fused-ring (bicyclic) bond motifs is 1. The Bertz CT molecular complexity index is 1530. The van der Waals surface area contributed by atoms with Crippen molar-refractivity contribution in [3.05, 3.63) is 59.9 Å². The van der Waals surface area contributed by atoms with Crippen LogP contribution >= 0.6 is 0 Å². The number of hydrogen-bond acceptors (Lipinski definition) is 7. The van der Waals surface area contributed by atoms with Crippen LogP contribution in [0, 0.1) is 12.7 Å². The second-order valence-corrected chi connectivity index (χ2v) is 9.27. The number of rotatable bonds is 7. The molecule has 4 aromatic rings. The minimum absolute atomic E-state index is 0.128. The normalized spacial score (nSPS) is 18.0. The number of imidazole rings is 1. The smallest absolute Gasteiger partial charge is 0.228 e. The van der Waals surface area contributed by atoms with E-state index in [2.05, 4.69) is 30.2 Å². The quantitative estimate of drug-likeness (QED) is 0.396. The maximum absolute atomic E-state index is 15.0. The lowest BCUT2D eigenvalue weighted by molar-refractivity contribution is 0.132. The number of aryl methyl sites for hydroxylation is 1. The zero-order valence-electron chi connectivity index (χ0n) is 25.7. The van der Waals surface area contributed by atoms with Gasteiger partial charge in [0.15, 0.2) is 5.82 Å². The predicted octanol–water partition coefficient (Wildman–Crippen LogP) is 4.80. The van der Waals surface area contributed by atoms with Gasteiger partial charge in [0.05, 0.1) is 11.2 Å². The highest BCUT2D eigenvalue weighted by Crippen LogP contribution is 2.29. The third-order valence-electron chi connectivity index (χ3n) is 6.39. The van der Waals surface area contributed by atoms with Crippen LogP contribution in [0.15, 0.2) is 42.7 Å². The monoisotopic (exact) mass is 493 g/mol. The van der Waals surface area contributed by atoms with Crippen molar-refractivity contribution in [1.29, 1.82) is 0 Å². The fourth-order valence-corrected chi connectivity index (χ4v) is 4.63. The number of halogens is 1. The van der Waals surface area contributed by atoms with Gasteiger partial charge in [-0.05, 0) is 57.1 Å². The number of nitrogens with zero attached hydrogens (tertiary/aromatic N) is 7. The van der Waals surface area contributed by atoms with Crippen LogP contribution in [0.5, 0.6) is 0 Å². The van der Waals surface area contributed by atoms with Crippen LogP contribution in [-0.2, 0) is 6.54 Å². The fraction of sp³-hybridized carbons (Fsp3) is 0.407. The second-order valence-electron chi connectivity index (χ2n) is 9.27. The summed E-state index contributed by atoms with van der Waals surface area (Å²) in [6.07, 6.45) is 3.36. The van der Waals surface area contributed by atoms with Gasteiger partial charge in [0, 0.05) is 63.6 Å². The lowest BCUT2D eigenvalue weighted by atomic mass is 10.1. The van der Waals surface area contributed by atoms with Gasteiger partial charge in [0.1, 0.15) is 17.2 Å². The number of nitrogens with one attached hydrogen (secondary N) is 1. The van der Waals surface area contributed by atoms with Crippen molar-refractivity contribution < 1.29 is 11.2 Å². The van der Waals surface area contributed by atoms with Crippen molar-refractivity contribution in [2.75, 3.05) is 38.0 Å². The van der Waals surface area contributed by atoms with Crippen molar-refractivity contribution in [2.24, 2.45) is 0 Å². The van der Waals surface area contributed by atoms with Crippen molar-refractivity contribution in [1.82, 2.24) is 34.3 Å². The van der Waals surface area contributed by atoms with Crippen LogP contribution in [0.2, 0.25) is 0 Å². The molecule has 0 aliphatic carbocycles. The Kier molecular flexibility index (Phi) is 5.36. The first-order valence-corrected chi connectivity index (χ1v) is 12.0. The molecule has 1 N–H and O–H groups in total. The summed E-state index contributed by atoms with van der Waals surface area (Å²) in [6.45, 7) is 3.31. The highest BCUT2D eigenvalue weighted by Gasteiger charge is 2.17. The topological polar surface area (TPSA) is 75.0 Å². The minimum Gasteiger partial charge on any atom is -0.326 e. The summed E-state index contributed by atoms with van der Waals surface area (Å²) < 4.78 is 55.3. The maximum Gasteiger partial charge on any atom is 0.228 e. The zero-order valence-corrected chi connectivity index (χ0v) is 20.7. The van der Waals surface area contributed by atoms with Gasteiger partial charge in [-0.2, -0.15) is 0 Å². The number of pyridine rings is 1. The van der Waals surface area contributed by atoms with E-state index in [1.54, 1.807) is 18.5 Å². The van der Waals surface area contributed by atoms with Gasteiger partial charge in [-0.15, -0.1) is 0 Å². The van der Waals surface area contributed by atoms with E-state index in [0.29, 0.717) is 61.3 Å². The Morgan fingerprint density at radius 2 is 1.89 bits per heavy atom. The Balaban J connectivity index is 1.25. The molecule has 0 radical (unpaired) electrons. The summed E-state index contributed by atoms with van der Waals surface area (Å²) in [4.78, 5) is 21.3. The first kappa shape index (κ1) is 18.8. The van der Waals surface area contributed by atoms with Gasteiger partial charge < -0.3 is 14.8 Å². The summed E-state index contributed by atoms with van der Waals surface area (Å²) in [6, 6.07) is 8.96. The molecule has 0 spiro atoms. The number of likely N-dealkylation sites (N-methyl/N-ethyl adjacent to an activating group) is 1. The zero-order chi connectivity index (χ0) is 29.5. The molecule has 1 aromatic carbocycles. The first-order valence-electron chi connectivity index (χ1n) is 14.5. The number of aromatic nitrogens is 5. The van der Waals surface area contributed by atoms with Gasteiger partial charge in [0.25, 0.3) is 0 Å². The molecular formula is C27H33FN8. The lowest BCUT2D eigenvalue weighted by Gasteiger charge is -2.33. The standard InChI is InChI=1S/C27H33FN8/c1-5-34-10-12-35(13-11-34)17-20-6-7-25(30-16-20)33-27-29-9-8-23(32-27)21-14-22(28)26-24(15-21)36(18(2)3)19(4)31-26/h6-9,14-16,18H,5,10-13,17H2,1-4H3,(H,29,30,32,33)/i1D3,5D2. The molecule has 1 saturated heterocycles. The lowest BCUT2D eigenvalue weighted by Crippen LogP contribution is -2.45. The SMILES string of the molecule is [2H]C([2H])([2H])C([2H])([2H])N1CCN(Cc2ccc(Nc3nccc(-c4cc(F)c5nc(C)n(C(C)C)c5c4)n3)nc2)CC1. The van der Waals surface area contributed by atoms with Gasteiger partial charge in [-0.1, -0.05) is 12.9 Å². The molecule has 36 heavy (non-hydrogen) atoms. The van der Waals surface area contributed by atoms with E-state index in [1.807, 2.05) is 43.5 Å². The average molecular weight is 494 g/mol. The van der Waals surface area contributed by atoms with Crippen molar-refractivity contribution in [2.45, 2.75) is 40.2 Å². The van der Waals surface area contributed by atoms with E-state index in [1.165, 1.54) is 11.0 Å². The maximum atomic E-state index is 15.0. The number of hydrogen-bond donors (Lipinski definition) is 1. The molecule has 1 fully saturated rings. The molecule has 0 amide bonds. The molecule has 4 heterocycles. The molecule has 0 unspecified atom stereocenters. The van der Waals surface area contributed by atoms with Crippen LogP contribution in [0.25, 0.3) is 22.3 Å². The highest BCUT2D eigenvalue weighted by atomic mass is 19.1. The van der Waals surface area contributed by atoms with E-state index in [9.17, 15) is 4.39 Å². The molecule has 8 nitrogen and oxygen atoms in total. The van der Waals surface area contributed by atoms with Crippen LogP contribution < -0.4 is 5.32 Å². The summed E-state index contributed by atoms with van der Waals surface area (Å²) >= 11 is 0. The minimum atomic E-state index is -2.69. The van der Waals surface area contributed by atoms with Crippen molar-refractivity contribution in [3.8, 4) is 11.3 Å². The average Bonchev–Trinajstić information content (AvgIpc) is 3.26. The Morgan fingerprint density at radius 1 is 1.08 bits per heavy atom. The molecule has 188 valence electrons. The van der Waals surface area contributed by atoms with E-state index in [4.69, 9.17) is 6.85 Å². The van der Waals surface area contributed by atoms with E-state index < -0.39 is 19.2 Å². The molecule has 0 saturated carbocycles. The van der Waals surface area contributed by atoms with Crippen LogP contribution in [-0.4, -0.2) is 67.0 Å². The molecule has 0 bridgehead atoms. The summed E-state index contributed by atoms with van der Waals surface area (Å²) in [5.41, 5.74) is 3.22. The van der Waals surface area contributed by atoms with E-state index in [-0.39, 0.29) is 6.04 Å². The molecule has 5 rings (SSSR count). The summed E-state index contributed by atoms with van der Waals surface area (Å²) in [5, 5.41) is 3.11. The van der Waals surface area contributed by atoms with E-state index >= 15 is 0 Å². The molecule has 3 aromatic heterocycles. The fourth-order valence-electron chi connectivity index (χ4n) is 4.63. The predicted molar refractivity (Wildman–Crippen MR) is 141 cm³/mol. The Morgan fingerprint density at radius 3 is 2.61 bits per heavy atom. The third kappa shape index (κ3) is 5.08. The Labute approximate surface area is 218 Å². The van der Waals surface area contributed by atoms with Crippen molar-refractivity contribution in [3.63, 3.8) is 0 Å². The summed E-state index contributed by atoms with van der Waals surface area (Å²) in [5.74, 6) is 1.24. The van der Waals surface area contributed by atoms with E-state index in [0.717, 1.165) is 16.9 Å². The largest absolute Gasteiger partial charge is 0.326 e. The van der Waals surface area contributed by atoms with Crippen LogP contribution in [0.4, 0.5) is 16.2 Å². The molecule has 1 aliphatic heterocycles. The van der Waals surface area contributed by atoms with Gasteiger partial charge in [-0.3, -0.25) is 4.90 Å². The van der Waals surface area contributed by atoms with Gasteiger partial charge in [0.2, 0.25) is 5.95 Å². The third-order valence-corrected chi connectivity index (χ3v) is 6.39. The van der Waals surface area contributed by atoms with Crippen molar-refractivity contribution >= 4 is 22.8 Å². The molecule has 1 aliphatic rings. The number of piperazine rings is 1. The van der Waals surface area contributed by atoms with Crippen LogP contribution in [0.3, 0.4) is 0 Å². The number of benzene rings is 1. The molecule has 0 atom stereocenters. The highest BCUT2D eigenvalue weighted by molar-refractivity contribution is 5.83. The second kappa shape index (κ2) is 10.3. The number of anilines is 2. The molecule has 9 heteroatoms. The Hall–Kier alpha value is -3.43. The molecular weight excluding hydrogens is 455 g/mol. The van der Waals surface area contributed by atoms with Crippen LogP contribution in [0.1, 0.15) is 45.0 Å².